The number of rotatable bonds is 4. The van der Waals surface area contributed by atoms with Crippen LogP contribution in [0, 0.1) is 5.92 Å². The number of amides is 1. The molecule has 6 heteroatoms. The quantitative estimate of drug-likeness (QED) is 0.836. The van der Waals surface area contributed by atoms with Gasteiger partial charge in [0.05, 0.1) is 14.2 Å². The lowest BCUT2D eigenvalue weighted by Gasteiger charge is -2.30. The van der Waals surface area contributed by atoms with Crippen molar-refractivity contribution in [1.29, 1.82) is 0 Å². The Bertz CT molecular complexity index is 623. The smallest absolute Gasteiger partial charge is 0.226 e. The number of hydrogen-bond donors (Lipinski definition) is 0. The van der Waals surface area contributed by atoms with E-state index in [1.54, 1.807) is 26.0 Å². The lowest BCUT2D eigenvalue weighted by atomic mass is 9.87. The molecule has 130 valence electrons. The first kappa shape index (κ1) is 17.1. The number of ketones is 1. The summed E-state index contributed by atoms with van der Waals surface area (Å²) in [6, 6.07) is 5.83. The maximum atomic E-state index is 12.9. The second kappa shape index (κ2) is 7.47. The van der Waals surface area contributed by atoms with Crippen LogP contribution in [-0.4, -0.2) is 43.1 Å². The molecular weight excluding hydrogens is 326 g/mol. The Kier molecular flexibility index (Phi) is 5.33. The molecule has 0 radical (unpaired) electrons. The summed E-state index contributed by atoms with van der Waals surface area (Å²) in [7, 11) is 3.23. The molecule has 1 heterocycles. The first-order chi connectivity index (χ1) is 11.6. The molecule has 0 aromatic heterocycles. The highest BCUT2D eigenvalue weighted by Crippen LogP contribution is 2.42. The third-order valence-electron chi connectivity index (χ3n) is 4.76. The topological polar surface area (TPSA) is 55.8 Å². The molecular formula is C18H23NO4S. The van der Waals surface area contributed by atoms with E-state index in [1.807, 2.05) is 23.1 Å². The molecule has 0 N–H and O–H groups in total. The summed E-state index contributed by atoms with van der Waals surface area (Å²) in [4.78, 5) is 26.3. The van der Waals surface area contributed by atoms with Gasteiger partial charge in [0.25, 0.3) is 0 Å². The second-order valence-corrected chi connectivity index (χ2v) is 7.37. The predicted molar refractivity (Wildman–Crippen MR) is 93.4 cm³/mol. The maximum Gasteiger partial charge on any atom is 0.226 e. The van der Waals surface area contributed by atoms with Crippen LogP contribution in [0.2, 0.25) is 0 Å². The Morgan fingerprint density at radius 3 is 2.54 bits per heavy atom. The van der Waals surface area contributed by atoms with Gasteiger partial charge in [-0.05, 0) is 30.5 Å². The third-order valence-corrected chi connectivity index (χ3v) is 6.02. The first-order valence-corrected chi connectivity index (χ1v) is 9.34. The number of carbonyl (C=O) groups excluding carboxylic acids is 2. The van der Waals surface area contributed by atoms with E-state index < -0.39 is 0 Å². The van der Waals surface area contributed by atoms with Crippen molar-refractivity contribution in [2.75, 3.05) is 26.5 Å². The van der Waals surface area contributed by atoms with E-state index in [0.29, 0.717) is 37.2 Å². The lowest BCUT2D eigenvalue weighted by Crippen LogP contribution is -2.37. The highest BCUT2D eigenvalue weighted by molar-refractivity contribution is 7.99. The van der Waals surface area contributed by atoms with Gasteiger partial charge in [0.2, 0.25) is 5.91 Å². The van der Waals surface area contributed by atoms with Gasteiger partial charge < -0.3 is 14.4 Å². The molecule has 1 saturated heterocycles. The van der Waals surface area contributed by atoms with Crippen molar-refractivity contribution < 1.29 is 19.1 Å². The summed E-state index contributed by atoms with van der Waals surface area (Å²) >= 11 is 1.77. The SMILES string of the molecule is COc1ccc(C2SCCN2C(=O)C2CCC(=O)CC2)cc1OC. The minimum atomic E-state index is -0.0101. The van der Waals surface area contributed by atoms with Crippen LogP contribution in [0.1, 0.15) is 36.6 Å². The maximum absolute atomic E-state index is 12.9. The average Bonchev–Trinajstić information content (AvgIpc) is 3.10. The summed E-state index contributed by atoms with van der Waals surface area (Å²) in [6.45, 7) is 0.757. The molecule has 1 aliphatic heterocycles. The van der Waals surface area contributed by atoms with Gasteiger partial charge in [0.1, 0.15) is 11.2 Å². The van der Waals surface area contributed by atoms with Crippen LogP contribution in [0.5, 0.6) is 11.5 Å². The Morgan fingerprint density at radius 2 is 1.88 bits per heavy atom. The van der Waals surface area contributed by atoms with E-state index in [0.717, 1.165) is 17.9 Å². The van der Waals surface area contributed by atoms with Gasteiger partial charge in [0.15, 0.2) is 11.5 Å². The number of hydrogen-bond acceptors (Lipinski definition) is 5. The van der Waals surface area contributed by atoms with Crippen LogP contribution in [0.3, 0.4) is 0 Å². The van der Waals surface area contributed by atoms with Crippen LogP contribution in [0.4, 0.5) is 0 Å². The van der Waals surface area contributed by atoms with Crippen LogP contribution in [0.15, 0.2) is 18.2 Å². The number of carbonyl (C=O) groups is 2. The van der Waals surface area contributed by atoms with E-state index >= 15 is 0 Å². The molecule has 1 amide bonds. The molecule has 1 aromatic carbocycles. The van der Waals surface area contributed by atoms with Crippen LogP contribution in [0.25, 0.3) is 0 Å². The molecule has 5 nitrogen and oxygen atoms in total. The highest BCUT2D eigenvalue weighted by Gasteiger charge is 2.36. The van der Waals surface area contributed by atoms with E-state index in [4.69, 9.17) is 9.47 Å². The standard InChI is InChI=1S/C18H23NO4S/c1-22-15-8-5-13(11-16(15)23-2)18-19(9-10-24-18)17(21)12-3-6-14(20)7-4-12/h5,8,11-12,18H,3-4,6-7,9-10H2,1-2H3. The molecule has 0 bridgehead atoms. The molecule has 0 spiro atoms. The average molecular weight is 349 g/mol. The fraction of sp³-hybridized carbons (Fsp3) is 0.556. The Morgan fingerprint density at radius 1 is 1.17 bits per heavy atom. The van der Waals surface area contributed by atoms with Crippen molar-refractivity contribution in [1.82, 2.24) is 4.90 Å². The van der Waals surface area contributed by atoms with Crippen molar-refractivity contribution in [3.8, 4) is 11.5 Å². The summed E-state index contributed by atoms with van der Waals surface area (Å²) in [6.07, 6.45) is 2.46. The number of thioether (sulfide) groups is 1. The van der Waals surface area contributed by atoms with Crippen LogP contribution in [-0.2, 0) is 9.59 Å². The van der Waals surface area contributed by atoms with Gasteiger partial charge >= 0.3 is 0 Å². The van der Waals surface area contributed by atoms with Crippen molar-refractivity contribution >= 4 is 23.5 Å². The normalized spacial score (nSPS) is 21.8. The van der Waals surface area contributed by atoms with E-state index in [1.165, 1.54) is 0 Å². The van der Waals surface area contributed by atoms with Gasteiger partial charge in [-0.15, -0.1) is 11.8 Å². The Balaban J connectivity index is 1.78. The van der Waals surface area contributed by atoms with E-state index in [9.17, 15) is 9.59 Å². The summed E-state index contributed by atoms with van der Waals surface area (Å²) < 4.78 is 10.7. The summed E-state index contributed by atoms with van der Waals surface area (Å²) in [5, 5.41) is 0.00920. The number of nitrogens with zero attached hydrogens (tertiary/aromatic N) is 1. The molecule has 1 aliphatic carbocycles. The Hall–Kier alpha value is -1.69. The van der Waals surface area contributed by atoms with Crippen LogP contribution < -0.4 is 9.47 Å². The molecule has 2 fully saturated rings. The molecule has 3 rings (SSSR count). The van der Waals surface area contributed by atoms with Crippen molar-refractivity contribution in [2.24, 2.45) is 5.92 Å². The van der Waals surface area contributed by atoms with Gasteiger partial charge in [-0.25, -0.2) is 0 Å². The van der Waals surface area contributed by atoms with Gasteiger partial charge in [0, 0.05) is 31.1 Å². The first-order valence-electron chi connectivity index (χ1n) is 8.29. The third kappa shape index (κ3) is 3.38. The molecule has 2 aliphatic rings. The zero-order valence-electron chi connectivity index (χ0n) is 14.1. The molecule has 24 heavy (non-hydrogen) atoms. The number of methoxy groups -OCH3 is 2. The van der Waals surface area contributed by atoms with Gasteiger partial charge in [-0.1, -0.05) is 6.07 Å². The minimum Gasteiger partial charge on any atom is -0.493 e. The zero-order chi connectivity index (χ0) is 17.1. The van der Waals surface area contributed by atoms with E-state index in [2.05, 4.69) is 0 Å². The minimum absolute atomic E-state index is 0.00920. The fourth-order valence-electron chi connectivity index (χ4n) is 3.40. The van der Waals surface area contributed by atoms with Gasteiger partial charge in [-0.2, -0.15) is 0 Å². The summed E-state index contributed by atoms with van der Waals surface area (Å²) in [5.74, 6) is 2.75. The van der Waals surface area contributed by atoms with Gasteiger partial charge in [-0.3, -0.25) is 9.59 Å². The molecule has 1 unspecified atom stereocenters. The van der Waals surface area contributed by atoms with Crippen molar-refractivity contribution in [3.63, 3.8) is 0 Å². The fourth-order valence-corrected chi connectivity index (χ4v) is 4.65. The molecule has 1 saturated carbocycles. The molecule has 1 atom stereocenters. The largest absolute Gasteiger partial charge is 0.493 e. The number of benzene rings is 1. The van der Waals surface area contributed by atoms with Crippen molar-refractivity contribution in [3.05, 3.63) is 23.8 Å². The highest BCUT2D eigenvalue weighted by atomic mass is 32.2. The number of Topliss-reactive ketones (excluding diaryl/α,β-unsaturated/α-hetero) is 1. The Labute approximate surface area is 146 Å². The second-order valence-electron chi connectivity index (χ2n) is 6.18. The summed E-state index contributed by atoms with van der Waals surface area (Å²) in [5.41, 5.74) is 1.05. The zero-order valence-corrected chi connectivity index (χ0v) is 14.9. The predicted octanol–water partition coefficient (Wildman–Crippen LogP) is 3.04. The van der Waals surface area contributed by atoms with Crippen molar-refractivity contribution in [2.45, 2.75) is 31.1 Å². The van der Waals surface area contributed by atoms with E-state index in [-0.39, 0.29) is 23.0 Å². The monoisotopic (exact) mass is 349 g/mol. The van der Waals surface area contributed by atoms with Crippen LogP contribution >= 0.6 is 11.8 Å². The number of ether oxygens (including phenoxy) is 2. The lowest BCUT2D eigenvalue weighted by molar-refractivity contribution is -0.137. The molecule has 1 aromatic rings.